The van der Waals surface area contributed by atoms with Crippen molar-refractivity contribution in [3.63, 3.8) is 0 Å². The van der Waals surface area contributed by atoms with Crippen molar-refractivity contribution in [2.45, 2.75) is 38.3 Å². The molecule has 0 saturated heterocycles. The molecule has 29 heavy (non-hydrogen) atoms. The summed E-state index contributed by atoms with van der Waals surface area (Å²) in [6.45, 7) is 0.833. The molecule has 148 valence electrons. The summed E-state index contributed by atoms with van der Waals surface area (Å²) >= 11 is 1.60. The Labute approximate surface area is 173 Å². The Kier molecular flexibility index (Phi) is 4.94. The van der Waals surface area contributed by atoms with Crippen LogP contribution in [0.1, 0.15) is 36.3 Å². The highest BCUT2D eigenvalue weighted by atomic mass is 32.1. The van der Waals surface area contributed by atoms with E-state index in [1.165, 1.54) is 12.8 Å². The number of hydrogen-bond donors (Lipinski definition) is 0. The Balaban J connectivity index is 1.36. The van der Waals surface area contributed by atoms with E-state index < -0.39 is 0 Å². The molecule has 2 aromatic carbocycles. The molecular formula is C23H22N2O3S. The number of hydrogen-bond acceptors (Lipinski definition) is 5. The molecule has 6 heteroatoms. The van der Waals surface area contributed by atoms with Crippen molar-refractivity contribution in [2.24, 2.45) is 0 Å². The first kappa shape index (κ1) is 18.2. The zero-order chi connectivity index (χ0) is 19.6. The molecule has 0 radical (unpaired) electrons. The highest BCUT2D eigenvalue weighted by Crippen LogP contribution is 2.34. The van der Waals surface area contributed by atoms with Crippen LogP contribution in [-0.4, -0.2) is 28.6 Å². The first-order chi connectivity index (χ1) is 14.3. The highest BCUT2D eigenvalue weighted by Gasteiger charge is 2.26. The van der Waals surface area contributed by atoms with Crippen molar-refractivity contribution in [3.8, 4) is 11.5 Å². The number of aromatic nitrogens is 1. The van der Waals surface area contributed by atoms with Crippen LogP contribution in [0, 0.1) is 0 Å². The monoisotopic (exact) mass is 406 g/mol. The zero-order valence-electron chi connectivity index (χ0n) is 16.0. The minimum atomic E-state index is 0.0359. The fourth-order valence-corrected chi connectivity index (χ4v) is 4.91. The largest absolute Gasteiger partial charge is 0.454 e. The van der Waals surface area contributed by atoms with Crippen LogP contribution in [0.15, 0.2) is 48.5 Å². The third-order valence-electron chi connectivity index (χ3n) is 5.52. The second-order valence-electron chi connectivity index (χ2n) is 7.45. The molecule has 0 atom stereocenters. The first-order valence-corrected chi connectivity index (χ1v) is 10.8. The molecule has 0 spiro atoms. The number of nitrogens with zero attached hydrogens (tertiary/aromatic N) is 2. The van der Waals surface area contributed by atoms with E-state index in [0.29, 0.717) is 6.54 Å². The summed E-state index contributed by atoms with van der Waals surface area (Å²) in [6, 6.07) is 14.2. The van der Waals surface area contributed by atoms with Crippen LogP contribution >= 0.6 is 11.3 Å². The van der Waals surface area contributed by atoms with Crippen LogP contribution < -0.4 is 9.47 Å². The Morgan fingerprint density at radius 1 is 1.14 bits per heavy atom. The van der Waals surface area contributed by atoms with Crippen LogP contribution in [0.2, 0.25) is 0 Å². The maximum absolute atomic E-state index is 13.1. The average Bonchev–Trinajstić information content (AvgIpc) is 3.49. The summed E-state index contributed by atoms with van der Waals surface area (Å²) in [5.74, 6) is 1.56. The molecule has 1 aliphatic carbocycles. The zero-order valence-corrected chi connectivity index (χ0v) is 16.9. The van der Waals surface area contributed by atoms with Crippen molar-refractivity contribution < 1.29 is 14.3 Å². The standard InChI is InChI=1S/C23H22N2O3S/c26-23(12-11-22-24-18-7-3-4-8-21(18)29-22)25(17-5-1-2-6-17)14-16-9-10-19-20(13-16)28-15-27-19/h3-4,7-13,17H,1-2,5-6,14-15H2/b12-11+. The number of para-hydroxylation sites is 1. The van der Waals surface area contributed by atoms with Gasteiger partial charge in [-0.15, -0.1) is 11.3 Å². The van der Waals surface area contributed by atoms with Gasteiger partial charge in [0.15, 0.2) is 11.5 Å². The van der Waals surface area contributed by atoms with Gasteiger partial charge in [-0.1, -0.05) is 31.0 Å². The van der Waals surface area contributed by atoms with Crippen molar-refractivity contribution in [1.29, 1.82) is 0 Å². The molecule has 3 aromatic rings. The normalized spacial score (nSPS) is 16.1. The predicted octanol–water partition coefficient (Wildman–Crippen LogP) is 5.01. The molecule has 1 fully saturated rings. The van der Waals surface area contributed by atoms with Gasteiger partial charge in [0.05, 0.1) is 10.2 Å². The van der Waals surface area contributed by atoms with Gasteiger partial charge in [-0.3, -0.25) is 4.79 Å². The quantitative estimate of drug-likeness (QED) is 0.559. The molecular weight excluding hydrogens is 384 g/mol. The number of amides is 1. The molecule has 1 aromatic heterocycles. The van der Waals surface area contributed by atoms with Crippen molar-refractivity contribution >= 4 is 33.5 Å². The smallest absolute Gasteiger partial charge is 0.247 e. The molecule has 0 N–H and O–H groups in total. The number of ether oxygens (including phenoxy) is 2. The van der Waals surface area contributed by atoms with Crippen LogP contribution in [0.25, 0.3) is 16.3 Å². The first-order valence-electron chi connectivity index (χ1n) is 9.99. The SMILES string of the molecule is O=C(/C=C/c1nc2ccccc2s1)N(Cc1ccc2c(c1)OCO2)C1CCCC1. The molecule has 2 aliphatic rings. The third-order valence-corrected chi connectivity index (χ3v) is 6.52. The molecule has 5 rings (SSSR count). The highest BCUT2D eigenvalue weighted by molar-refractivity contribution is 7.19. The number of carbonyl (C=O) groups is 1. The topological polar surface area (TPSA) is 51.7 Å². The van der Waals surface area contributed by atoms with Crippen LogP contribution in [0.3, 0.4) is 0 Å². The van der Waals surface area contributed by atoms with Crippen LogP contribution in [0.4, 0.5) is 0 Å². The van der Waals surface area contributed by atoms with Gasteiger partial charge in [-0.05, 0) is 48.7 Å². The van der Waals surface area contributed by atoms with Gasteiger partial charge in [0.1, 0.15) is 5.01 Å². The van der Waals surface area contributed by atoms with E-state index >= 15 is 0 Å². The molecule has 5 nitrogen and oxygen atoms in total. The summed E-state index contributed by atoms with van der Waals surface area (Å²) in [4.78, 5) is 19.7. The fraction of sp³-hybridized carbons (Fsp3) is 0.304. The van der Waals surface area contributed by atoms with Gasteiger partial charge in [0.25, 0.3) is 0 Å². The van der Waals surface area contributed by atoms with E-state index in [2.05, 4.69) is 11.1 Å². The Bertz CT molecular complexity index is 1040. The van der Waals surface area contributed by atoms with Crippen molar-refractivity contribution in [3.05, 3.63) is 59.1 Å². The lowest BCUT2D eigenvalue weighted by Crippen LogP contribution is -2.37. The summed E-state index contributed by atoms with van der Waals surface area (Å²) in [5.41, 5.74) is 2.03. The van der Waals surface area contributed by atoms with E-state index in [1.54, 1.807) is 17.4 Å². The van der Waals surface area contributed by atoms with Gasteiger partial charge >= 0.3 is 0 Å². The lowest BCUT2D eigenvalue weighted by molar-refractivity contribution is -0.128. The van der Waals surface area contributed by atoms with Gasteiger partial charge in [0, 0.05) is 18.7 Å². The summed E-state index contributed by atoms with van der Waals surface area (Å²) < 4.78 is 12.0. The van der Waals surface area contributed by atoms with E-state index in [0.717, 1.165) is 45.1 Å². The summed E-state index contributed by atoms with van der Waals surface area (Å²) in [7, 11) is 0. The Hall–Kier alpha value is -2.86. The summed E-state index contributed by atoms with van der Waals surface area (Å²) in [5, 5.41) is 0.856. The van der Waals surface area contributed by atoms with Crippen LogP contribution in [0.5, 0.6) is 11.5 Å². The minimum absolute atomic E-state index is 0.0359. The Morgan fingerprint density at radius 2 is 1.97 bits per heavy atom. The molecule has 1 aliphatic heterocycles. The minimum Gasteiger partial charge on any atom is -0.454 e. The van der Waals surface area contributed by atoms with Gasteiger partial charge in [0.2, 0.25) is 12.7 Å². The van der Waals surface area contributed by atoms with E-state index in [1.807, 2.05) is 47.4 Å². The average molecular weight is 407 g/mol. The van der Waals surface area contributed by atoms with Crippen LogP contribution in [-0.2, 0) is 11.3 Å². The maximum atomic E-state index is 13.1. The van der Waals surface area contributed by atoms with E-state index in [4.69, 9.17) is 9.47 Å². The second kappa shape index (κ2) is 7.87. The number of rotatable bonds is 5. The Morgan fingerprint density at radius 3 is 2.83 bits per heavy atom. The number of benzene rings is 2. The third kappa shape index (κ3) is 3.85. The number of thiazole rings is 1. The molecule has 1 saturated carbocycles. The van der Waals surface area contributed by atoms with Crippen molar-refractivity contribution in [2.75, 3.05) is 6.79 Å². The van der Waals surface area contributed by atoms with Gasteiger partial charge in [-0.25, -0.2) is 4.98 Å². The molecule has 0 unspecified atom stereocenters. The van der Waals surface area contributed by atoms with Crippen molar-refractivity contribution in [1.82, 2.24) is 9.88 Å². The number of fused-ring (bicyclic) bond motifs is 2. The number of carbonyl (C=O) groups excluding carboxylic acids is 1. The lowest BCUT2D eigenvalue weighted by atomic mass is 10.1. The fourth-order valence-electron chi connectivity index (χ4n) is 4.04. The predicted molar refractivity (Wildman–Crippen MR) is 114 cm³/mol. The molecule has 2 heterocycles. The summed E-state index contributed by atoms with van der Waals surface area (Å²) in [6.07, 6.45) is 7.99. The van der Waals surface area contributed by atoms with Gasteiger partial charge in [-0.2, -0.15) is 0 Å². The lowest BCUT2D eigenvalue weighted by Gasteiger charge is -2.28. The molecule has 1 amide bonds. The van der Waals surface area contributed by atoms with Gasteiger partial charge < -0.3 is 14.4 Å². The molecule has 0 bridgehead atoms. The van der Waals surface area contributed by atoms with E-state index in [-0.39, 0.29) is 18.7 Å². The maximum Gasteiger partial charge on any atom is 0.247 e. The second-order valence-corrected chi connectivity index (χ2v) is 8.51. The van der Waals surface area contributed by atoms with E-state index in [9.17, 15) is 4.79 Å².